The Morgan fingerprint density at radius 3 is 3.08 bits per heavy atom. The fourth-order valence-electron chi connectivity index (χ4n) is 2.59. The molecule has 0 unspecified atom stereocenters. The van der Waals surface area contributed by atoms with Crippen LogP contribution < -0.4 is 15.5 Å². The molecule has 0 aliphatic carbocycles. The van der Waals surface area contributed by atoms with Crippen LogP contribution in [0, 0.1) is 0 Å². The van der Waals surface area contributed by atoms with Crippen molar-refractivity contribution in [3.05, 3.63) is 29.3 Å². The van der Waals surface area contributed by atoms with Crippen molar-refractivity contribution in [2.45, 2.75) is 6.42 Å². The van der Waals surface area contributed by atoms with Crippen LogP contribution in [0.2, 0.25) is 0 Å². The predicted molar refractivity (Wildman–Crippen MR) is 105 cm³/mol. The van der Waals surface area contributed by atoms with Gasteiger partial charge < -0.3 is 20.3 Å². The van der Waals surface area contributed by atoms with Crippen molar-refractivity contribution in [3.8, 4) is 0 Å². The van der Waals surface area contributed by atoms with Crippen LogP contribution in [0.1, 0.15) is 12.1 Å². The molecule has 2 N–H and O–H groups in total. The molecule has 25 heavy (non-hydrogen) atoms. The second kappa shape index (κ2) is 9.43. The standard InChI is InChI=1S/C17H24N6OS/c1-18-15(12-25-13-21-17-19-6-3-7-20-17)14-4-2-5-16(22-14)23-8-10-24-11-9-23/h2,4-5,12H,1,3,6-11,13H2,(H2,19,20,21)/b15-12-. The second-order valence-corrected chi connectivity index (χ2v) is 6.50. The molecule has 2 aliphatic rings. The van der Waals surface area contributed by atoms with E-state index in [2.05, 4.69) is 32.2 Å². The van der Waals surface area contributed by atoms with Crippen LogP contribution >= 0.6 is 11.8 Å². The molecule has 0 radical (unpaired) electrons. The molecular weight excluding hydrogens is 336 g/mol. The summed E-state index contributed by atoms with van der Waals surface area (Å²) in [6.45, 7) is 8.76. The van der Waals surface area contributed by atoms with Crippen molar-refractivity contribution in [2.75, 3.05) is 50.2 Å². The first-order chi connectivity index (χ1) is 12.4. The first-order valence-electron chi connectivity index (χ1n) is 8.47. The number of thioether (sulfide) groups is 1. The van der Waals surface area contributed by atoms with Gasteiger partial charge in [-0.15, -0.1) is 11.8 Å². The third-order valence-corrected chi connectivity index (χ3v) is 4.62. The van der Waals surface area contributed by atoms with Crippen molar-refractivity contribution in [2.24, 2.45) is 9.98 Å². The van der Waals surface area contributed by atoms with Gasteiger partial charge in [-0.1, -0.05) is 6.07 Å². The molecule has 1 aromatic rings. The zero-order valence-corrected chi connectivity index (χ0v) is 15.1. The van der Waals surface area contributed by atoms with Crippen molar-refractivity contribution < 1.29 is 4.74 Å². The van der Waals surface area contributed by atoms with Crippen LogP contribution in [-0.2, 0) is 4.74 Å². The maximum Gasteiger partial charge on any atom is 0.191 e. The molecule has 1 fully saturated rings. The van der Waals surface area contributed by atoms with Crippen LogP contribution in [0.3, 0.4) is 0 Å². The third kappa shape index (κ3) is 5.20. The van der Waals surface area contributed by atoms with Crippen LogP contribution in [0.15, 0.2) is 33.6 Å². The van der Waals surface area contributed by atoms with Crippen molar-refractivity contribution in [1.82, 2.24) is 15.6 Å². The van der Waals surface area contributed by atoms with Gasteiger partial charge in [0.25, 0.3) is 0 Å². The van der Waals surface area contributed by atoms with E-state index in [4.69, 9.17) is 9.72 Å². The number of guanidine groups is 1. The van der Waals surface area contributed by atoms with Gasteiger partial charge in [-0.2, -0.15) is 0 Å². The van der Waals surface area contributed by atoms with Crippen molar-refractivity contribution >= 4 is 36.0 Å². The summed E-state index contributed by atoms with van der Waals surface area (Å²) in [5, 5.41) is 8.49. The summed E-state index contributed by atoms with van der Waals surface area (Å²) < 4.78 is 5.40. The van der Waals surface area contributed by atoms with E-state index in [9.17, 15) is 0 Å². The zero-order chi connectivity index (χ0) is 17.3. The lowest BCUT2D eigenvalue weighted by atomic mass is 10.3. The Kier molecular flexibility index (Phi) is 6.70. The third-order valence-electron chi connectivity index (χ3n) is 3.92. The highest BCUT2D eigenvalue weighted by Crippen LogP contribution is 2.21. The quantitative estimate of drug-likeness (QED) is 0.455. The number of anilines is 1. The first-order valence-corrected chi connectivity index (χ1v) is 9.52. The molecule has 1 aromatic heterocycles. The molecule has 3 rings (SSSR count). The number of aliphatic imine (C=N–C) groups is 2. The van der Waals surface area contributed by atoms with Gasteiger partial charge in [0.15, 0.2) is 5.96 Å². The summed E-state index contributed by atoms with van der Waals surface area (Å²) in [5.74, 6) is 2.54. The summed E-state index contributed by atoms with van der Waals surface area (Å²) in [6, 6.07) is 6.00. The average molecular weight is 360 g/mol. The minimum Gasteiger partial charge on any atom is -0.378 e. The highest BCUT2D eigenvalue weighted by Gasteiger charge is 2.13. The molecular formula is C17H24N6OS. The maximum absolute atomic E-state index is 5.40. The van der Waals surface area contributed by atoms with Crippen molar-refractivity contribution in [3.63, 3.8) is 0 Å². The highest BCUT2D eigenvalue weighted by molar-refractivity contribution is 8.02. The molecule has 3 heterocycles. The maximum atomic E-state index is 5.40. The molecule has 0 atom stereocenters. The summed E-state index contributed by atoms with van der Waals surface area (Å²) in [4.78, 5) is 15.5. The normalized spacial score (nSPS) is 18.3. The average Bonchev–Trinajstić information content (AvgIpc) is 2.70. The number of aromatic nitrogens is 1. The molecule has 8 heteroatoms. The topological polar surface area (TPSA) is 74.1 Å². The first kappa shape index (κ1) is 17.8. The smallest absolute Gasteiger partial charge is 0.191 e. The van der Waals surface area contributed by atoms with Gasteiger partial charge in [0.05, 0.1) is 30.5 Å². The van der Waals surface area contributed by atoms with Crippen molar-refractivity contribution in [1.29, 1.82) is 0 Å². The van der Waals surface area contributed by atoms with E-state index in [0.29, 0.717) is 5.88 Å². The number of nitrogens with one attached hydrogen (secondary N) is 2. The lowest BCUT2D eigenvalue weighted by Gasteiger charge is -2.28. The molecule has 134 valence electrons. The molecule has 0 aromatic carbocycles. The Labute approximate surface area is 152 Å². The molecule has 1 saturated heterocycles. The minimum atomic E-state index is 0.716. The SMILES string of the molecule is C=N/C(=C\SCNC1=NCCCN1)c1cccc(N2CCOCC2)n1. The summed E-state index contributed by atoms with van der Waals surface area (Å²) in [5.41, 5.74) is 1.61. The fraction of sp³-hybridized carbons (Fsp3) is 0.471. The fourth-order valence-corrected chi connectivity index (χ4v) is 3.25. The summed E-state index contributed by atoms with van der Waals surface area (Å²) >= 11 is 1.61. The van der Waals surface area contributed by atoms with E-state index in [1.807, 2.05) is 23.6 Å². The Bertz CT molecular complexity index is 642. The van der Waals surface area contributed by atoms with Gasteiger partial charge in [0.1, 0.15) is 5.82 Å². The molecule has 0 spiro atoms. The summed E-state index contributed by atoms with van der Waals surface area (Å²) in [7, 11) is 0. The van der Waals surface area contributed by atoms with E-state index in [1.54, 1.807) is 11.8 Å². The number of hydrogen-bond donors (Lipinski definition) is 2. The largest absolute Gasteiger partial charge is 0.378 e. The van der Waals surface area contributed by atoms with E-state index < -0.39 is 0 Å². The van der Waals surface area contributed by atoms with E-state index >= 15 is 0 Å². The lowest BCUT2D eigenvalue weighted by molar-refractivity contribution is 0.122. The number of ether oxygens (including phenoxy) is 1. The van der Waals surface area contributed by atoms with Gasteiger partial charge in [-0.25, -0.2) is 4.98 Å². The lowest BCUT2D eigenvalue weighted by Crippen LogP contribution is -2.40. The predicted octanol–water partition coefficient (Wildman–Crippen LogP) is 1.55. The van der Waals surface area contributed by atoms with Crippen LogP contribution in [0.5, 0.6) is 0 Å². The minimum absolute atomic E-state index is 0.716. The van der Waals surface area contributed by atoms with Gasteiger partial charge >= 0.3 is 0 Å². The zero-order valence-electron chi connectivity index (χ0n) is 14.3. The number of hydrogen-bond acceptors (Lipinski definition) is 8. The Morgan fingerprint density at radius 1 is 1.44 bits per heavy atom. The molecule has 0 amide bonds. The van der Waals surface area contributed by atoms with Gasteiger partial charge in [0, 0.05) is 31.6 Å². The number of rotatable bonds is 6. The van der Waals surface area contributed by atoms with E-state index in [-0.39, 0.29) is 0 Å². The molecule has 7 nitrogen and oxygen atoms in total. The van der Waals surface area contributed by atoms with Crippen LogP contribution in [0.4, 0.5) is 5.82 Å². The monoisotopic (exact) mass is 360 g/mol. The second-order valence-electron chi connectivity index (χ2n) is 5.64. The summed E-state index contributed by atoms with van der Waals surface area (Å²) in [6.07, 6.45) is 1.09. The molecule has 2 aliphatic heterocycles. The van der Waals surface area contributed by atoms with Crippen LogP contribution in [-0.4, -0.2) is 62.9 Å². The van der Waals surface area contributed by atoms with Gasteiger partial charge in [-0.3, -0.25) is 9.98 Å². The van der Waals surface area contributed by atoms with E-state index in [1.165, 1.54) is 0 Å². The van der Waals surface area contributed by atoms with E-state index in [0.717, 1.165) is 69.0 Å². The molecule has 0 bridgehead atoms. The van der Waals surface area contributed by atoms with Gasteiger partial charge in [-0.05, 0) is 25.3 Å². The van der Waals surface area contributed by atoms with Crippen LogP contribution in [0.25, 0.3) is 5.70 Å². The Balaban J connectivity index is 1.59. The number of nitrogens with zero attached hydrogens (tertiary/aromatic N) is 4. The van der Waals surface area contributed by atoms with Gasteiger partial charge in [0.2, 0.25) is 0 Å². The number of morpholine rings is 1. The highest BCUT2D eigenvalue weighted by atomic mass is 32.2. The Hall–Kier alpha value is -2.06. The molecule has 0 saturated carbocycles. The Morgan fingerprint density at radius 2 is 2.32 bits per heavy atom. The number of pyridine rings is 1.